The molecule has 1 fully saturated rings. The summed E-state index contributed by atoms with van der Waals surface area (Å²) >= 11 is 1.53. The van der Waals surface area contributed by atoms with Gasteiger partial charge in [0.2, 0.25) is 5.91 Å². The summed E-state index contributed by atoms with van der Waals surface area (Å²) in [4.78, 5) is 26.2. The Bertz CT molecular complexity index is 955. The summed E-state index contributed by atoms with van der Waals surface area (Å²) in [5.41, 5.74) is 3.05. The molecule has 32 heavy (non-hydrogen) atoms. The van der Waals surface area contributed by atoms with Crippen LogP contribution in [0.2, 0.25) is 0 Å². The number of benzene rings is 1. The van der Waals surface area contributed by atoms with Gasteiger partial charge in [0.25, 0.3) is 0 Å². The van der Waals surface area contributed by atoms with Crippen LogP contribution in [0.25, 0.3) is 10.7 Å². The van der Waals surface area contributed by atoms with Crippen molar-refractivity contribution in [1.82, 2.24) is 25.1 Å². The van der Waals surface area contributed by atoms with Crippen LogP contribution in [0.3, 0.4) is 0 Å². The number of aromatic nitrogens is 2. The van der Waals surface area contributed by atoms with Crippen LogP contribution in [0.4, 0.5) is 0 Å². The molecule has 1 aliphatic rings. The molecule has 0 spiro atoms. The Morgan fingerprint density at radius 2 is 1.75 bits per heavy atom. The van der Waals surface area contributed by atoms with Crippen LogP contribution in [0.1, 0.15) is 24.1 Å². The van der Waals surface area contributed by atoms with Gasteiger partial charge in [0.15, 0.2) is 0 Å². The molecule has 0 aliphatic carbocycles. The zero-order chi connectivity index (χ0) is 22.0. The van der Waals surface area contributed by atoms with E-state index in [9.17, 15) is 4.79 Å². The van der Waals surface area contributed by atoms with Crippen LogP contribution in [-0.2, 0) is 17.8 Å². The summed E-state index contributed by atoms with van der Waals surface area (Å²) in [5, 5.41) is 5.84. The molecule has 1 aliphatic heterocycles. The molecule has 4 rings (SSSR count). The van der Waals surface area contributed by atoms with Gasteiger partial charge in [0, 0.05) is 50.8 Å². The second kappa shape index (κ2) is 11.9. The second-order valence-corrected chi connectivity index (χ2v) is 9.05. The van der Waals surface area contributed by atoms with E-state index in [2.05, 4.69) is 55.4 Å². The van der Waals surface area contributed by atoms with Crippen LogP contribution < -0.4 is 5.32 Å². The molecular formula is C25H31N5OS. The predicted octanol–water partition coefficient (Wildman–Crippen LogP) is 3.46. The second-order valence-electron chi connectivity index (χ2n) is 8.20. The Morgan fingerprint density at radius 1 is 0.969 bits per heavy atom. The summed E-state index contributed by atoms with van der Waals surface area (Å²) < 4.78 is 0. The van der Waals surface area contributed by atoms with Crippen molar-refractivity contribution in [2.45, 2.75) is 25.8 Å². The molecule has 6 nitrogen and oxygen atoms in total. The Kier molecular flexibility index (Phi) is 8.36. The molecule has 3 aromatic rings. The van der Waals surface area contributed by atoms with Crippen LogP contribution >= 0.6 is 11.3 Å². The quantitative estimate of drug-likeness (QED) is 0.480. The minimum absolute atomic E-state index is 0.0393. The van der Waals surface area contributed by atoms with Gasteiger partial charge in [-0.2, -0.15) is 0 Å². The highest BCUT2D eigenvalue weighted by Crippen LogP contribution is 2.21. The lowest BCUT2D eigenvalue weighted by Crippen LogP contribution is -2.46. The van der Waals surface area contributed by atoms with Gasteiger partial charge in [0.1, 0.15) is 5.01 Å². The van der Waals surface area contributed by atoms with Crippen molar-refractivity contribution < 1.29 is 4.79 Å². The minimum atomic E-state index is 0.0393. The summed E-state index contributed by atoms with van der Waals surface area (Å²) in [7, 11) is 0. The lowest BCUT2D eigenvalue weighted by atomic mass is 10.2. The fourth-order valence-electron chi connectivity index (χ4n) is 3.92. The molecule has 0 unspecified atom stereocenters. The van der Waals surface area contributed by atoms with Crippen LogP contribution in [-0.4, -0.2) is 64.9 Å². The molecule has 0 bridgehead atoms. The van der Waals surface area contributed by atoms with E-state index in [-0.39, 0.29) is 5.91 Å². The van der Waals surface area contributed by atoms with Crippen LogP contribution in [0.15, 0.2) is 60.1 Å². The predicted molar refractivity (Wildman–Crippen MR) is 129 cm³/mol. The third kappa shape index (κ3) is 6.95. The summed E-state index contributed by atoms with van der Waals surface area (Å²) in [6, 6.07) is 16.5. The molecule has 1 aromatic carbocycles. The van der Waals surface area contributed by atoms with Gasteiger partial charge in [-0.05, 0) is 37.1 Å². The third-order valence-electron chi connectivity index (χ3n) is 5.71. The van der Waals surface area contributed by atoms with Crippen LogP contribution in [0, 0.1) is 0 Å². The molecule has 7 heteroatoms. The number of carbonyl (C=O) groups excluding carboxylic acids is 1. The lowest BCUT2D eigenvalue weighted by Gasteiger charge is -2.34. The maximum absolute atomic E-state index is 12.2. The van der Waals surface area contributed by atoms with Gasteiger partial charge >= 0.3 is 0 Å². The zero-order valence-corrected chi connectivity index (χ0v) is 19.3. The Morgan fingerprint density at radius 3 is 2.53 bits per heavy atom. The van der Waals surface area contributed by atoms with Gasteiger partial charge in [0.05, 0.1) is 17.8 Å². The smallest absolute Gasteiger partial charge is 0.226 e. The van der Waals surface area contributed by atoms with Crippen molar-refractivity contribution in [3.63, 3.8) is 0 Å². The van der Waals surface area contributed by atoms with E-state index in [1.807, 2.05) is 23.6 Å². The molecule has 2 aromatic heterocycles. The van der Waals surface area contributed by atoms with Crippen molar-refractivity contribution >= 4 is 17.2 Å². The van der Waals surface area contributed by atoms with E-state index in [1.54, 1.807) is 6.20 Å². The molecule has 0 atom stereocenters. The van der Waals surface area contributed by atoms with Gasteiger partial charge in [-0.1, -0.05) is 36.4 Å². The van der Waals surface area contributed by atoms with Gasteiger partial charge in [-0.15, -0.1) is 11.3 Å². The zero-order valence-electron chi connectivity index (χ0n) is 18.4. The Balaban J connectivity index is 1.07. The van der Waals surface area contributed by atoms with Crippen molar-refractivity contribution in [3.05, 3.63) is 71.4 Å². The molecule has 1 saturated heterocycles. The van der Waals surface area contributed by atoms with Crippen molar-refractivity contribution in [2.75, 3.05) is 39.3 Å². The standard InChI is InChI=1S/C25H31N5OS/c31-24(18-22-20-32-25(28-22)23-10-4-5-11-26-23)27-12-6-7-13-29-14-16-30(17-15-29)19-21-8-2-1-3-9-21/h1-5,8-11,20H,6-7,12-19H2,(H,27,31). The number of rotatable bonds is 10. The summed E-state index contributed by atoms with van der Waals surface area (Å²) in [6.07, 6.45) is 4.20. The van der Waals surface area contributed by atoms with Crippen molar-refractivity contribution in [2.24, 2.45) is 0 Å². The number of unbranched alkanes of at least 4 members (excludes halogenated alkanes) is 1. The monoisotopic (exact) mass is 449 g/mol. The van der Waals surface area contributed by atoms with E-state index in [0.29, 0.717) is 6.42 Å². The van der Waals surface area contributed by atoms with E-state index in [4.69, 9.17) is 0 Å². The summed E-state index contributed by atoms with van der Waals surface area (Å²) in [5.74, 6) is 0.0393. The highest BCUT2D eigenvalue weighted by molar-refractivity contribution is 7.13. The number of hydrogen-bond donors (Lipinski definition) is 1. The number of nitrogens with one attached hydrogen (secondary N) is 1. The first kappa shape index (κ1) is 22.6. The van der Waals surface area contributed by atoms with E-state index >= 15 is 0 Å². The Labute approximate surface area is 194 Å². The molecule has 168 valence electrons. The minimum Gasteiger partial charge on any atom is -0.356 e. The first-order valence-electron chi connectivity index (χ1n) is 11.4. The number of piperazine rings is 1. The highest BCUT2D eigenvalue weighted by Gasteiger charge is 2.16. The third-order valence-corrected chi connectivity index (χ3v) is 6.63. The van der Waals surface area contributed by atoms with Gasteiger partial charge < -0.3 is 10.2 Å². The number of nitrogens with zero attached hydrogens (tertiary/aromatic N) is 4. The molecular weight excluding hydrogens is 418 g/mol. The SMILES string of the molecule is O=C(Cc1csc(-c2ccccn2)n1)NCCCCN1CCN(Cc2ccccc2)CC1. The van der Waals surface area contributed by atoms with Crippen molar-refractivity contribution in [1.29, 1.82) is 0 Å². The fourth-order valence-corrected chi connectivity index (χ4v) is 4.72. The normalized spacial score (nSPS) is 15.0. The molecule has 0 radical (unpaired) electrons. The maximum atomic E-state index is 12.2. The maximum Gasteiger partial charge on any atom is 0.226 e. The van der Waals surface area contributed by atoms with E-state index in [0.717, 1.165) is 75.1 Å². The van der Waals surface area contributed by atoms with E-state index in [1.165, 1.54) is 16.9 Å². The average molecular weight is 450 g/mol. The molecule has 3 heterocycles. The van der Waals surface area contributed by atoms with E-state index < -0.39 is 0 Å². The summed E-state index contributed by atoms with van der Waals surface area (Å²) in [6.45, 7) is 7.38. The Hall–Kier alpha value is -2.61. The first-order valence-corrected chi connectivity index (χ1v) is 12.3. The average Bonchev–Trinajstić information content (AvgIpc) is 3.29. The number of thiazole rings is 1. The topological polar surface area (TPSA) is 61.4 Å². The first-order chi connectivity index (χ1) is 15.8. The highest BCUT2D eigenvalue weighted by atomic mass is 32.1. The number of carbonyl (C=O) groups is 1. The largest absolute Gasteiger partial charge is 0.356 e. The lowest BCUT2D eigenvalue weighted by molar-refractivity contribution is -0.120. The molecule has 1 N–H and O–H groups in total. The fraction of sp³-hybridized carbons (Fsp3) is 0.400. The number of pyridine rings is 1. The van der Waals surface area contributed by atoms with Crippen molar-refractivity contribution in [3.8, 4) is 10.7 Å². The van der Waals surface area contributed by atoms with Gasteiger partial charge in [-0.25, -0.2) is 4.98 Å². The molecule has 1 amide bonds. The number of amides is 1. The van der Waals surface area contributed by atoms with Crippen LogP contribution in [0.5, 0.6) is 0 Å². The van der Waals surface area contributed by atoms with Gasteiger partial charge in [-0.3, -0.25) is 14.7 Å². The molecule has 0 saturated carbocycles. The number of hydrogen-bond acceptors (Lipinski definition) is 6.